The van der Waals surface area contributed by atoms with Crippen molar-refractivity contribution in [2.75, 3.05) is 13.4 Å². The molecule has 1 aromatic heterocycles. The van der Waals surface area contributed by atoms with Crippen molar-refractivity contribution < 1.29 is 19.0 Å². The summed E-state index contributed by atoms with van der Waals surface area (Å²) in [7, 11) is 0. The first-order chi connectivity index (χ1) is 14.1. The second-order valence-corrected chi connectivity index (χ2v) is 6.65. The van der Waals surface area contributed by atoms with Gasteiger partial charge in [0.2, 0.25) is 6.79 Å². The summed E-state index contributed by atoms with van der Waals surface area (Å²) in [5.74, 6) is 1.02. The number of fused-ring (bicyclic) bond motifs is 2. The van der Waals surface area contributed by atoms with Gasteiger partial charge in [-0.1, -0.05) is 18.2 Å². The van der Waals surface area contributed by atoms with Gasteiger partial charge in [0.1, 0.15) is 6.54 Å². The number of carbonyl (C=O) groups is 1. The summed E-state index contributed by atoms with van der Waals surface area (Å²) in [6.45, 7) is 4.38. The van der Waals surface area contributed by atoms with Crippen LogP contribution in [0.3, 0.4) is 0 Å². The molecule has 0 spiro atoms. The van der Waals surface area contributed by atoms with E-state index in [4.69, 9.17) is 14.2 Å². The summed E-state index contributed by atoms with van der Waals surface area (Å²) >= 11 is 0. The van der Waals surface area contributed by atoms with Crippen LogP contribution in [0.25, 0.3) is 22.6 Å². The third-order valence-corrected chi connectivity index (χ3v) is 4.96. The Hall–Kier alpha value is -3.72. The Balaban J connectivity index is 1.81. The lowest BCUT2D eigenvalue weighted by atomic mass is 10.0. The number of nitriles is 1. The fourth-order valence-corrected chi connectivity index (χ4v) is 3.57. The summed E-state index contributed by atoms with van der Waals surface area (Å²) in [5, 5.41) is 10.8. The van der Waals surface area contributed by atoms with Crippen molar-refractivity contribution >= 4 is 28.5 Å². The number of allylic oxidation sites excluding steroid dienone is 1. The molecule has 0 bridgehead atoms. The molecule has 0 saturated heterocycles. The smallest absolute Gasteiger partial charge is 0.325 e. The minimum atomic E-state index is -0.289. The summed E-state index contributed by atoms with van der Waals surface area (Å²) < 4.78 is 17.8. The van der Waals surface area contributed by atoms with Gasteiger partial charge in [-0.05, 0) is 49.8 Å². The van der Waals surface area contributed by atoms with Gasteiger partial charge in [0.15, 0.2) is 11.5 Å². The highest BCUT2D eigenvalue weighted by molar-refractivity contribution is 5.99. The maximum atomic E-state index is 12.1. The fourth-order valence-electron chi connectivity index (χ4n) is 3.57. The van der Waals surface area contributed by atoms with Crippen molar-refractivity contribution in [3.63, 3.8) is 0 Å². The van der Waals surface area contributed by atoms with Crippen LogP contribution in [0.15, 0.2) is 42.5 Å². The van der Waals surface area contributed by atoms with Gasteiger partial charge in [0.25, 0.3) is 0 Å². The van der Waals surface area contributed by atoms with Crippen molar-refractivity contribution in [2.45, 2.75) is 20.4 Å². The molecule has 0 radical (unpaired) electrons. The Morgan fingerprint density at radius 3 is 2.83 bits per heavy atom. The topological polar surface area (TPSA) is 73.5 Å². The number of benzene rings is 2. The van der Waals surface area contributed by atoms with Crippen LogP contribution in [-0.4, -0.2) is 23.9 Å². The number of hydrogen-bond acceptors (Lipinski definition) is 5. The van der Waals surface area contributed by atoms with Gasteiger partial charge in [-0.25, -0.2) is 0 Å². The van der Waals surface area contributed by atoms with Crippen molar-refractivity contribution in [1.29, 1.82) is 5.26 Å². The third-order valence-electron chi connectivity index (χ3n) is 4.96. The number of ether oxygens (including phenoxy) is 3. The van der Waals surface area contributed by atoms with Gasteiger partial charge >= 0.3 is 5.97 Å². The highest BCUT2D eigenvalue weighted by atomic mass is 16.7. The van der Waals surface area contributed by atoms with E-state index < -0.39 is 0 Å². The molecule has 0 N–H and O–H groups in total. The largest absolute Gasteiger partial charge is 0.465 e. The van der Waals surface area contributed by atoms with Crippen LogP contribution in [0.2, 0.25) is 0 Å². The number of rotatable bonds is 5. The van der Waals surface area contributed by atoms with E-state index in [1.54, 1.807) is 13.0 Å². The molecule has 3 aromatic rings. The number of aromatic nitrogens is 1. The molecule has 0 saturated carbocycles. The minimum absolute atomic E-state index is 0.125. The average Bonchev–Trinajstić information content (AvgIpc) is 3.30. The summed E-state index contributed by atoms with van der Waals surface area (Å²) in [6, 6.07) is 15.6. The number of esters is 1. The van der Waals surface area contributed by atoms with Crippen LogP contribution in [0.5, 0.6) is 11.5 Å². The molecule has 1 aliphatic rings. The van der Waals surface area contributed by atoms with Crippen LogP contribution >= 0.6 is 0 Å². The summed E-state index contributed by atoms with van der Waals surface area (Å²) in [4.78, 5) is 12.1. The van der Waals surface area contributed by atoms with E-state index in [1.807, 2.05) is 54.0 Å². The SMILES string of the molecule is CCOC(=O)Cn1c(C)c(/C=C(\C#N)c2ccc3c(c2)OCO3)c2ccccc21. The van der Waals surface area contributed by atoms with Crippen LogP contribution in [0, 0.1) is 18.3 Å². The zero-order valence-electron chi connectivity index (χ0n) is 16.3. The third kappa shape index (κ3) is 3.43. The average molecular weight is 388 g/mol. The Bertz CT molecular complexity index is 1170. The second kappa shape index (κ2) is 7.72. The molecule has 0 amide bonds. The van der Waals surface area contributed by atoms with Crippen LogP contribution in [0.4, 0.5) is 0 Å². The van der Waals surface area contributed by atoms with Gasteiger partial charge in [0.05, 0.1) is 18.2 Å². The van der Waals surface area contributed by atoms with Crippen molar-refractivity contribution in [1.82, 2.24) is 4.57 Å². The Morgan fingerprint density at radius 1 is 1.24 bits per heavy atom. The summed E-state index contributed by atoms with van der Waals surface area (Å²) in [6.07, 6.45) is 1.86. The maximum Gasteiger partial charge on any atom is 0.325 e. The molecule has 2 heterocycles. The Kier molecular flexibility index (Phi) is 4.96. The van der Waals surface area contributed by atoms with E-state index in [1.165, 1.54) is 0 Å². The number of nitrogens with zero attached hydrogens (tertiary/aromatic N) is 2. The maximum absolute atomic E-state index is 12.1. The molecule has 29 heavy (non-hydrogen) atoms. The molecule has 146 valence electrons. The van der Waals surface area contributed by atoms with E-state index >= 15 is 0 Å². The van der Waals surface area contributed by atoms with Crippen molar-refractivity contribution in [3.05, 3.63) is 59.3 Å². The Morgan fingerprint density at radius 2 is 2.03 bits per heavy atom. The van der Waals surface area contributed by atoms with Crippen LogP contribution in [0.1, 0.15) is 23.7 Å². The van der Waals surface area contributed by atoms with E-state index in [-0.39, 0.29) is 19.3 Å². The first kappa shape index (κ1) is 18.6. The lowest BCUT2D eigenvalue weighted by molar-refractivity contribution is -0.143. The standard InChI is InChI=1S/C23H20N2O4/c1-3-27-23(26)13-25-15(2)19(18-6-4-5-7-20(18)25)10-17(12-24)16-8-9-21-22(11-16)29-14-28-21/h4-11H,3,13-14H2,1-2H3/b17-10+. The van der Waals surface area contributed by atoms with Gasteiger partial charge in [0, 0.05) is 22.2 Å². The summed E-state index contributed by atoms with van der Waals surface area (Å²) in [5.41, 5.74) is 3.97. The highest BCUT2D eigenvalue weighted by Crippen LogP contribution is 2.36. The molecular weight excluding hydrogens is 368 g/mol. The molecular formula is C23H20N2O4. The van der Waals surface area contributed by atoms with Gasteiger partial charge < -0.3 is 18.8 Å². The zero-order valence-corrected chi connectivity index (χ0v) is 16.3. The van der Waals surface area contributed by atoms with Crippen LogP contribution in [-0.2, 0) is 16.1 Å². The lowest BCUT2D eigenvalue weighted by Gasteiger charge is -2.08. The zero-order chi connectivity index (χ0) is 20.4. The molecule has 6 nitrogen and oxygen atoms in total. The first-order valence-electron chi connectivity index (χ1n) is 9.37. The molecule has 1 aliphatic heterocycles. The molecule has 2 aromatic carbocycles. The minimum Gasteiger partial charge on any atom is -0.465 e. The predicted molar refractivity (Wildman–Crippen MR) is 109 cm³/mol. The molecule has 0 aliphatic carbocycles. The first-order valence-corrected chi connectivity index (χ1v) is 9.37. The van der Waals surface area contributed by atoms with E-state index in [0.717, 1.165) is 27.7 Å². The van der Waals surface area contributed by atoms with Crippen LogP contribution < -0.4 is 9.47 Å². The normalized spacial score (nSPS) is 12.8. The molecule has 0 unspecified atom stereocenters. The lowest BCUT2D eigenvalue weighted by Crippen LogP contribution is -2.14. The fraction of sp³-hybridized carbons (Fsp3) is 0.217. The van der Waals surface area contributed by atoms with Crippen molar-refractivity contribution in [3.8, 4) is 17.6 Å². The van der Waals surface area contributed by atoms with Crippen molar-refractivity contribution in [2.24, 2.45) is 0 Å². The molecule has 0 atom stereocenters. The quantitative estimate of drug-likeness (QED) is 0.481. The molecule has 0 fully saturated rings. The Labute approximate surface area is 168 Å². The van der Waals surface area contributed by atoms with Gasteiger partial charge in [-0.3, -0.25) is 4.79 Å². The number of carbonyl (C=O) groups excluding carboxylic acids is 1. The van der Waals surface area contributed by atoms with Gasteiger partial charge in [-0.2, -0.15) is 5.26 Å². The monoisotopic (exact) mass is 388 g/mol. The highest BCUT2D eigenvalue weighted by Gasteiger charge is 2.18. The van der Waals surface area contributed by atoms with E-state index in [2.05, 4.69) is 6.07 Å². The molecule has 6 heteroatoms. The predicted octanol–water partition coefficient (Wildman–Crippen LogP) is 4.31. The number of hydrogen-bond donors (Lipinski definition) is 0. The van der Waals surface area contributed by atoms with Gasteiger partial charge in [-0.15, -0.1) is 0 Å². The second-order valence-electron chi connectivity index (χ2n) is 6.65. The van der Waals surface area contributed by atoms with E-state index in [9.17, 15) is 10.1 Å². The molecule has 4 rings (SSSR count). The van der Waals surface area contributed by atoms with E-state index in [0.29, 0.717) is 23.7 Å². The number of para-hydroxylation sites is 1.